The molecule has 148 valence electrons. The molecule has 1 unspecified atom stereocenters. The molecular weight excluding hydrogens is 359 g/mol. The molecular formula is C18H24F3N5O. The number of aromatic nitrogens is 2. The summed E-state index contributed by atoms with van der Waals surface area (Å²) in [6.45, 7) is 4.25. The Morgan fingerprint density at radius 2 is 2.00 bits per heavy atom. The normalized spacial score (nSPS) is 13.4. The third kappa shape index (κ3) is 5.90. The van der Waals surface area contributed by atoms with Crippen LogP contribution in [0.1, 0.15) is 23.7 Å². The van der Waals surface area contributed by atoms with Gasteiger partial charge in [-0.15, -0.1) is 0 Å². The summed E-state index contributed by atoms with van der Waals surface area (Å²) in [5.74, 6) is 1.17. The van der Waals surface area contributed by atoms with E-state index in [4.69, 9.17) is 4.74 Å². The zero-order chi connectivity index (χ0) is 20.0. The van der Waals surface area contributed by atoms with Crippen LogP contribution < -0.4 is 15.4 Å². The number of hydrogen-bond donors (Lipinski definition) is 2. The van der Waals surface area contributed by atoms with Gasteiger partial charge in [0.1, 0.15) is 11.9 Å². The third-order valence-electron chi connectivity index (χ3n) is 3.82. The number of rotatable bonds is 6. The minimum atomic E-state index is -4.49. The van der Waals surface area contributed by atoms with Crippen LogP contribution in [0.25, 0.3) is 0 Å². The summed E-state index contributed by atoms with van der Waals surface area (Å²) in [4.78, 5) is 4.03. The van der Waals surface area contributed by atoms with Crippen LogP contribution in [0, 0.1) is 6.92 Å². The van der Waals surface area contributed by atoms with Gasteiger partial charge in [-0.2, -0.15) is 18.3 Å². The summed E-state index contributed by atoms with van der Waals surface area (Å²) in [6.07, 6.45) is -3.31. The van der Waals surface area contributed by atoms with E-state index >= 15 is 0 Å². The second-order valence-electron chi connectivity index (χ2n) is 6.18. The predicted octanol–water partition coefficient (Wildman–Crippen LogP) is 2.88. The van der Waals surface area contributed by atoms with Gasteiger partial charge in [-0.3, -0.25) is 9.67 Å². The maximum Gasteiger partial charge on any atom is 0.435 e. The summed E-state index contributed by atoms with van der Waals surface area (Å²) < 4.78 is 46.0. The van der Waals surface area contributed by atoms with E-state index in [9.17, 15) is 13.2 Å². The van der Waals surface area contributed by atoms with Gasteiger partial charge in [0.25, 0.3) is 0 Å². The monoisotopic (exact) mass is 383 g/mol. The van der Waals surface area contributed by atoms with E-state index in [-0.39, 0.29) is 18.2 Å². The molecule has 1 heterocycles. The van der Waals surface area contributed by atoms with Crippen molar-refractivity contribution in [2.45, 2.75) is 32.7 Å². The van der Waals surface area contributed by atoms with Crippen LogP contribution in [0.4, 0.5) is 13.2 Å². The topological polar surface area (TPSA) is 63.5 Å². The summed E-state index contributed by atoms with van der Waals surface area (Å²) in [5, 5.41) is 9.41. The average molecular weight is 383 g/mol. The van der Waals surface area contributed by atoms with E-state index in [0.29, 0.717) is 12.5 Å². The van der Waals surface area contributed by atoms with Crippen molar-refractivity contribution in [3.8, 4) is 5.75 Å². The molecule has 27 heavy (non-hydrogen) atoms. The Labute approximate surface area is 156 Å². The van der Waals surface area contributed by atoms with Gasteiger partial charge in [0.2, 0.25) is 0 Å². The maximum atomic E-state index is 13.0. The Bertz CT molecular complexity index is 786. The Morgan fingerprint density at radius 3 is 2.63 bits per heavy atom. The molecule has 1 aromatic carbocycles. The van der Waals surface area contributed by atoms with E-state index in [1.165, 1.54) is 13.2 Å². The van der Waals surface area contributed by atoms with Crippen molar-refractivity contribution >= 4 is 5.96 Å². The molecule has 2 N–H and O–H groups in total. The highest BCUT2D eigenvalue weighted by Crippen LogP contribution is 2.30. The number of nitrogens with zero attached hydrogens (tertiary/aromatic N) is 3. The Balaban J connectivity index is 1.89. The SMILES string of the molecule is CN=C(NCc1cn(C)nc1C(F)(F)F)NCC(C)Oc1ccccc1C. The zero-order valence-corrected chi connectivity index (χ0v) is 15.8. The molecule has 9 heteroatoms. The van der Waals surface area contributed by atoms with Crippen LogP contribution in [0.3, 0.4) is 0 Å². The number of alkyl halides is 3. The van der Waals surface area contributed by atoms with Crippen molar-refractivity contribution in [3.05, 3.63) is 47.3 Å². The molecule has 0 aliphatic heterocycles. The summed E-state index contributed by atoms with van der Waals surface area (Å²) in [6, 6.07) is 7.68. The van der Waals surface area contributed by atoms with Gasteiger partial charge in [-0.1, -0.05) is 18.2 Å². The third-order valence-corrected chi connectivity index (χ3v) is 3.82. The fourth-order valence-electron chi connectivity index (χ4n) is 2.49. The van der Waals surface area contributed by atoms with Gasteiger partial charge in [0.05, 0.1) is 6.54 Å². The Kier molecular flexibility index (Phi) is 6.70. The van der Waals surface area contributed by atoms with Crippen LogP contribution in [0.5, 0.6) is 5.75 Å². The fourth-order valence-corrected chi connectivity index (χ4v) is 2.49. The van der Waals surface area contributed by atoms with Gasteiger partial charge >= 0.3 is 6.18 Å². The number of hydrogen-bond acceptors (Lipinski definition) is 3. The summed E-state index contributed by atoms with van der Waals surface area (Å²) >= 11 is 0. The number of aryl methyl sites for hydroxylation is 2. The lowest BCUT2D eigenvalue weighted by molar-refractivity contribution is -0.142. The quantitative estimate of drug-likeness (QED) is 0.595. The number of guanidine groups is 1. The minimum absolute atomic E-state index is 0.0462. The largest absolute Gasteiger partial charge is 0.489 e. The molecule has 0 saturated carbocycles. The second kappa shape index (κ2) is 8.79. The van der Waals surface area contributed by atoms with E-state index in [1.54, 1.807) is 7.05 Å². The molecule has 6 nitrogen and oxygen atoms in total. The van der Waals surface area contributed by atoms with E-state index in [0.717, 1.165) is 16.0 Å². The van der Waals surface area contributed by atoms with E-state index in [1.807, 2.05) is 38.1 Å². The first-order chi connectivity index (χ1) is 12.7. The van der Waals surface area contributed by atoms with E-state index in [2.05, 4.69) is 20.7 Å². The van der Waals surface area contributed by atoms with Crippen molar-refractivity contribution in [2.24, 2.45) is 12.0 Å². The highest BCUT2D eigenvalue weighted by atomic mass is 19.4. The molecule has 0 amide bonds. The standard InChI is InChI=1S/C18H24F3N5O/c1-12-7-5-6-8-15(12)27-13(2)9-23-17(22-3)24-10-14-11-26(4)25-16(14)18(19,20)21/h5-8,11,13H,9-10H2,1-4H3,(H2,22,23,24). The molecule has 1 atom stereocenters. The number of halogens is 3. The molecule has 0 bridgehead atoms. The van der Waals surface area contributed by atoms with Crippen molar-refractivity contribution in [1.82, 2.24) is 20.4 Å². The highest BCUT2D eigenvalue weighted by Gasteiger charge is 2.36. The van der Waals surface area contributed by atoms with E-state index < -0.39 is 11.9 Å². The van der Waals surface area contributed by atoms with Crippen LogP contribution >= 0.6 is 0 Å². The lowest BCUT2D eigenvalue weighted by Gasteiger charge is -2.19. The molecule has 2 rings (SSSR count). The first-order valence-electron chi connectivity index (χ1n) is 8.47. The molecule has 0 saturated heterocycles. The predicted molar refractivity (Wildman–Crippen MR) is 97.7 cm³/mol. The van der Waals surface area contributed by atoms with Gasteiger partial charge < -0.3 is 15.4 Å². The first-order valence-corrected chi connectivity index (χ1v) is 8.47. The molecule has 0 spiro atoms. The molecule has 1 aromatic heterocycles. The molecule has 0 fully saturated rings. The summed E-state index contributed by atoms with van der Waals surface area (Å²) in [7, 11) is 3.01. The smallest absolute Gasteiger partial charge is 0.435 e. The lowest BCUT2D eigenvalue weighted by atomic mass is 10.2. The van der Waals surface area contributed by atoms with Crippen LogP contribution in [-0.4, -0.2) is 35.4 Å². The molecule has 0 aliphatic carbocycles. The van der Waals surface area contributed by atoms with Gasteiger partial charge in [-0.25, -0.2) is 0 Å². The molecule has 2 aromatic rings. The number of ether oxygens (including phenoxy) is 1. The average Bonchev–Trinajstić information content (AvgIpc) is 2.98. The van der Waals surface area contributed by atoms with Crippen LogP contribution in [0.2, 0.25) is 0 Å². The van der Waals surface area contributed by atoms with Gasteiger partial charge in [0.15, 0.2) is 11.7 Å². The molecule has 0 aliphatic rings. The highest BCUT2D eigenvalue weighted by molar-refractivity contribution is 5.79. The maximum absolute atomic E-state index is 13.0. The van der Waals surface area contributed by atoms with Crippen LogP contribution in [-0.2, 0) is 19.8 Å². The van der Waals surface area contributed by atoms with Crippen molar-refractivity contribution < 1.29 is 17.9 Å². The Morgan fingerprint density at radius 1 is 1.30 bits per heavy atom. The number of benzene rings is 1. The van der Waals surface area contributed by atoms with Crippen molar-refractivity contribution in [3.63, 3.8) is 0 Å². The number of nitrogens with one attached hydrogen (secondary N) is 2. The fraction of sp³-hybridized carbons (Fsp3) is 0.444. The zero-order valence-electron chi connectivity index (χ0n) is 15.8. The Hall–Kier alpha value is -2.71. The van der Waals surface area contributed by atoms with Crippen LogP contribution in [0.15, 0.2) is 35.5 Å². The first kappa shape index (κ1) is 20.6. The summed E-state index contributed by atoms with van der Waals surface area (Å²) in [5.41, 5.74) is 0.185. The lowest BCUT2D eigenvalue weighted by Crippen LogP contribution is -2.41. The van der Waals surface area contributed by atoms with Crippen molar-refractivity contribution in [2.75, 3.05) is 13.6 Å². The van der Waals surface area contributed by atoms with Crippen molar-refractivity contribution in [1.29, 1.82) is 0 Å². The minimum Gasteiger partial charge on any atom is -0.489 e. The van der Waals surface area contributed by atoms with Gasteiger partial charge in [-0.05, 0) is 25.5 Å². The molecule has 0 radical (unpaired) electrons. The number of para-hydroxylation sites is 1. The number of aliphatic imine (C=N–C) groups is 1. The second-order valence-corrected chi connectivity index (χ2v) is 6.18. The van der Waals surface area contributed by atoms with Gasteiger partial charge in [0, 0.05) is 32.4 Å².